The number of benzene rings is 2. The number of nitrogens with two attached hydrogens (primary N) is 2. The zero-order valence-electron chi connectivity index (χ0n) is 18.4. The summed E-state index contributed by atoms with van der Waals surface area (Å²) < 4.78 is 21.2. The van der Waals surface area contributed by atoms with E-state index in [0.29, 0.717) is 27.9 Å². The van der Waals surface area contributed by atoms with Gasteiger partial charge in [0.15, 0.2) is 17.2 Å². The summed E-state index contributed by atoms with van der Waals surface area (Å²) in [6, 6.07) is 12.0. The number of fused-ring (bicyclic) bond motifs is 1. The van der Waals surface area contributed by atoms with Crippen LogP contribution in [0.2, 0.25) is 0 Å². The Morgan fingerprint density at radius 1 is 1.21 bits per heavy atom. The van der Waals surface area contributed by atoms with Crippen molar-refractivity contribution in [1.29, 1.82) is 0 Å². The van der Waals surface area contributed by atoms with Gasteiger partial charge in [0.1, 0.15) is 17.8 Å². The zero-order valence-corrected chi connectivity index (χ0v) is 18.4. The van der Waals surface area contributed by atoms with Crippen LogP contribution in [0.25, 0.3) is 28.4 Å². The van der Waals surface area contributed by atoms with Gasteiger partial charge in [-0.2, -0.15) is 5.10 Å². The van der Waals surface area contributed by atoms with Gasteiger partial charge in [-0.1, -0.05) is 18.2 Å². The second-order valence-corrected chi connectivity index (χ2v) is 7.64. The molecule has 0 saturated heterocycles. The van der Waals surface area contributed by atoms with Gasteiger partial charge in [0.25, 0.3) is 0 Å². The third kappa shape index (κ3) is 4.12. The molecule has 0 aliphatic heterocycles. The Morgan fingerprint density at radius 2 is 2.00 bits per heavy atom. The lowest BCUT2D eigenvalue weighted by atomic mass is 10.0. The molecule has 0 aliphatic carbocycles. The maximum Gasteiger partial charge on any atom is 0.244 e. The minimum atomic E-state index is -0.509. The molecule has 2 heterocycles. The minimum absolute atomic E-state index is 0.135. The van der Waals surface area contributed by atoms with E-state index in [1.54, 1.807) is 23.7 Å². The van der Waals surface area contributed by atoms with Crippen molar-refractivity contribution >= 4 is 28.8 Å². The smallest absolute Gasteiger partial charge is 0.244 e. The highest BCUT2D eigenvalue weighted by Gasteiger charge is 2.22. The third-order valence-corrected chi connectivity index (χ3v) is 5.48. The molecule has 0 radical (unpaired) electrons. The zero-order chi connectivity index (χ0) is 23.7. The number of nitrogen functional groups attached to an aromatic ring is 1. The van der Waals surface area contributed by atoms with E-state index in [2.05, 4.69) is 9.97 Å². The quantitative estimate of drug-likeness (QED) is 0.435. The number of primary amides is 1. The van der Waals surface area contributed by atoms with Crippen LogP contribution in [-0.2, 0) is 4.79 Å². The number of anilines is 1. The highest BCUT2D eigenvalue weighted by molar-refractivity contribution is 5.98. The molecule has 4 N–H and O–H groups in total. The van der Waals surface area contributed by atoms with E-state index in [1.165, 1.54) is 25.6 Å². The minimum Gasteiger partial charge on any atom is -0.494 e. The Bertz CT molecular complexity index is 1400. The highest BCUT2D eigenvalue weighted by atomic mass is 19.1. The van der Waals surface area contributed by atoms with E-state index in [9.17, 15) is 9.18 Å². The first kappa shape index (κ1) is 21.9. The molecular weight excluding hydrogens is 423 g/mol. The standard InChI is InChI=1S/C24H23FN6O2/c1-13(23(27)32)9-15-5-4-6-16(10-15)14(2)31-24-20(22(26)28-12-29-24)21(30-31)17-7-8-19(33-3)18(25)11-17/h4-12,14H,1-3H3,(H2,27,32)(H2,26,28,29). The average molecular weight is 446 g/mol. The number of carbonyl (C=O) groups excluding carboxylic acids is 1. The number of aromatic nitrogens is 4. The Kier molecular flexibility index (Phi) is 5.78. The lowest BCUT2D eigenvalue weighted by Crippen LogP contribution is -2.11. The lowest BCUT2D eigenvalue weighted by molar-refractivity contribution is -0.114. The van der Waals surface area contributed by atoms with E-state index in [1.807, 2.05) is 31.2 Å². The van der Waals surface area contributed by atoms with Gasteiger partial charge in [-0.25, -0.2) is 19.0 Å². The molecule has 4 aromatic rings. The van der Waals surface area contributed by atoms with Crippen LogP contribution >= 0.6 is 0 Å². The van der Waals surface area contributed by atoms with E-state index in [0.717, 1.165) is 11.1 Å². The molecule has 1 atom stereocenters. The third-order valence-electron chi connectivity index (χ3n) is 5.48. The van der Waals surface area contributed by atoms with Crippen LogP contribution < -0.4 is 16.2 Å². The maximum absolute atomic E-state index is 14.4. The van der Waals surface area contributed by atoms with Crippen molar-refractivity contribution < 1.29 is 13.9 Å². The van der Waals surface area contributed by atoms with Gasteiger partial charge >= 0.3 is 0 Å². The van der Waals surface area contributed by atoms with Crippen LogP contribution in [0, 0.1) is 5.82 Å². The van der Waals surface area contributed by atoms with E-state index < -0.39 is 11.7 Å². The van der Waals surface area contributed by atoms with Crippen LogP contribution in [0.4, 0.5) is 10.2 Å². The molecule has 1 unspecified atom stereocenters. The molecule has 2 aromatic heterocycles. The number of nitrogens with zero attached hydrogens (tertiary/aromatic N) is 4. The molecule has 0 spiro atoms. The van der Waals surface area contributed by atoms with Crippen molar-refractivity contribution in [2.24, 2.45) is 5.73 Å². The summed E-state index contributed by atoms with van der Waals surface area (Å²) in [4.78, 5) is 19.9. The Labute approximate surface area is 189 Å². The van der Waals surface area contributed by atoms with Crippen LogP contribution in [0.1, 0.15) is 31.0 Å². The monoisotopic (exact) mass is 446 g/mol. The predicted molar refractivity (Wildman–Crippen MR) is 125 cm³/mol. The van der Waals surface area contributed by atoms with Crippen molar-refractivity contribution in [1.82, 2.24) is 19.7 Å². The fraction of sp³-hybridized carbons (Fsp3) is 0.167. The van der Waals surface area contributed by atoms with Gasteiger partial charge in [-0.3, -0.25) is 4.79 Å². The van der Waals surface area contributed by atoms with E-state index in [-0.39, 0.29) is 17.6 Å². The summed E-state index contributed by atoms with van der Waals surface area (Å²) in [5, 5.41) is 5.29. The number of amides is 1. The predicted octanol–water partition coefficient (Wildman–Crippen LogP) is 3.72. The number of carbonyl (C=O) groups is 1. The van der Waals surface area contributed by atoms with Crippen LogP contribution in [-0.4, -0.2) is 32.8 Å². The Balaban J connectivity index is 1.84. The first-order valence-electron chi connectivity index (χ1n) is 10.2. The molecule has 8 nitrogen and oxygen atoms in total. The molecule has 168 valence electrons. The number of rotatable bonds is 6. The largest absolute Gasteiger partial charge is 0.494 e. The molecule has 0 aliphatic rings. The SMILES string of the molecule is COc1ccc(-c2nn(C(C)c3cccc(C=C(C)C(N)=O)c3)c3ncnc(N)c23)cc1F. The molecule has 0 saturated carbocycles. The molecule has 0 bridgehead atoms. The number of hydrogen-bond acceptors (Lipinski definition) is 6. The first-order chi connectivity index (χ1) is 15.8. The van der Waals surface area contributed by atoms with E-state index in [4.69, 9.17) is 21.3 Å². The fourth-order valence-corrected chi connectivity index (χ4v) is 3.65. The summed E-state index contributed by atoms with van der Waals surface area (Å²) in [7, 11) is 1.41. The molecular formula is C24H23FN6O2. The topological polar surface area (TPSA) is 122 Å². The van der Waals surface area contributed by atoms with E-state index >= 15 is 0 Å². The van der Waals surface area contributed by atoms with Crippen LogP contribution in [0.3, 0.4) is 0 Å². The number of methoxy groups -OCH3 is 1. The molecule has 4 rings (SSSR count). The normalized spacial score (nSPS) is 12.7. The van der Waals surface area contributed by atoms with Gasteiger partial charge in [0, 0.05) is 11.1 Å². The van der Waals surface area contributed by atoms with Gasteiger partial charge < -0.3 is 16.2 Å². The number of halogens is 1. The van der Waals surface area contributed by atoms with Gasteiger partial charge in [-0.05, 0) is 55.3 Å². The van der Waals surface area contributed by atoms with Gasteiger partial charge in [-0.15, -0.1) is 0 Å². The molecule has 1 amide bonds. The van der Waals surface area contributed by atoms with Crippen LogP contribution in [0.15, 0.2) is 54.4 Å². The lowest BCUT2D eigenvalue weighted by Gasteiger charge is -2.14. The summed E-state index contributed by atoms with van der Waals surface area (Å²) in [5.74, 6) is -0.602. The van der Waals surface area contributed by atoms with Crippen LogP contribution in [0.5, 0.6) is 5.75 Å². The molecule has 2 aromatic carbocycles. The first-order valence-corrected chi connectivity index (χ1v) is 10.2. The average Bonchev–Trinajstić information content (AvgIpc) is 3.19. The van der Waals surface area contributed by atoms with Crippen molar-refractivity contribution in [2.45, 2.75) is 19.9 Å². The summed E-state index contributed by atoms with van der Waals surface area (Å²) in [5.41, 5.74) is 15.3. The molecule has 33 heavy (non-hydrogen) atoms. The summed E-state index contributed by atoms with van der Waals surface area (Å²) in [6.07, 6.45) is 3.10. The van der Waals surface area contributed by atoms with Crippen molar-refractivity contribution in [2.75, 3.05) is 12.8 Å². The van der Waals surface area contributed by atoms with Crippen molar-refractivity contribution in [3.8, 4) is 17.0 Å². The Morgan fingerprint density at radius 3 is 2.70 bits per heavy atom. The van der Waals surface area contributed by atoms with Crippen molar-refractivity contribution in [3.63, 3.8) is 0 Å². The summed E-state index contributed by atoms with van der Waals surface area (Å²) in [6.45, 7) is 3.63. The summed E-state index contributed by atoms with van der Waals surface area (Å²) >= 11 is 0. The second kappa shape index (κ2) is 8.70. The Hall–Kier alpha value is -4.27. The number of hydrogen-bond donors (Lipinski definition) is 2. The van der Waals surface area contributed by atoms with Crippen molar-refractivity contribution in [3.05, 3.63) is 71.3 Å². The molecule has 0 fully saturated rings. The fourth-order valence-electron chi connectivity index (χ4n) is 3.65. The highest BCUT2D eigenvalue weighted by Crippen LogP contribution is 2.34. The van der Waals surface area contributed by atoms with Gasteiger partial charge in [0.05, 0.1) is 18.5 Å². The maximum atomic E-state index is 14.4. The van der Waals surface area contributed by atoms with Gasteiger partial charge in [0.2, 0.25) is 5.91 Å². The second-order valence-electron chi connectivity index (χ2n) is 7.64. The number of ether oxygens (including phenoxy) is 1. The molecule has 9 heteroatoms.